The summed E-state index contributed by atoms with van der Waals surface area (Å²) in [6.07, 6.45) is 1.38. The Morgan fingerprint density at radius 3 is 2.56 bits per heavy atom. The predicted molar refractivity (Wildman–Crippen MR) is 56.9 cm³/mol. The number of aliphatic imine (C=N–C) groups is 1. The average molecular weight is 221 g/mol. The fourth-order valence-corrected chi connectivity index (χ4v) is 1.33. The third kappa shape index (κ3) is 2.27. The van der Waals surface area contributed by atoms with Gasteiger partial charge < -0.3 is 9.47 Å². The topological polar surface area (TPSA) is 65.0 Å². The number of benzene rings is 1. The molecule has 1 rings (SSSR count). The molecular weight excluding hydrogens is 210 g/mol. The van der Waals surface area contributed by atoms with E-state index in [-0.39, 0.29) is 11.3 Å². The fraction of sp³-hybridized carbons (Fsp3) is 0.273. The number of hydrogen-bond acceptors (Lipinski definition) is 5. The molecule has 0 fully saturated rings. The highest BCUT2D eigenvalue weighted by atomic mass is 16.5. The van der Waals surface area contributed by atoms with Crippen molar-refractivity contribution in [2.45, 2.75) is 6.92 Å². The van der Waals surface area contributed by atoms with Gasteiger partial charge in [-0.3, -0.25) is 0 Å². The van der Waals surface area contributed by atoms with Crippen LogP contribution in [0.4, 0.5) is 5.69 Å². The number of aryl methyl sites for hydroxylation is 1. The number of methoxy groups -OCH3 is 2. The van der Waals surface area contributed by atoms with Gasteiger partial charge in [-0.1, -0.05) is 0 Å². The van der Waals surface area contributed by atoms with Crippen LogP contribution < -0.4 is 4.74 Å². The lowest BCUT2D eigenvalue weighted by Crippen LogP contribution is -2.03. The highest BCUT2D eigenvalue weighted by molar-refractivity contribution is 5.97. The number of carbonyl (C=O) groups is 1. The molecule has 0 aliphatic carbocycles. The largest absolute Gasteiger partial charge is 0.494 e. The highest BCUT2D eigenvalue weighted by Crippen LogP contribution is 2.32. The van der Waals surface area contributed by atoms with Crippen LogP contribution in [0.5, 0.6) is 5.75 Å². The number of nitrogens with zero attached hydrogens (tertiary/aromatic N) is 1. The molecule has 1 aromatic carbocycles. The highest BCUT2D eigenvalue weighted by Gasteiger charge is 2.16. The molecule has 0 unspecified atom stereocenters. The molecule has 0 bridgehead atoms. The van der Waals surface area contributed by atoms with Crippen molar-refractivity contribution in [3.63, 3.8) is 0 Å². The first-order chi connectivity index (χ1) is 7.63. The number of ether oxygens (including phenoxy) is 2. The van der Waals surface area contributed by atoms with E-state index in [1.807, 2.05) is 0 Å². The van der Waals surface area contributed by atoms with Crippen LogP contribution in [0, 0.1) is 6.92 Å². The Labute approximate surface area is 92.7 Å². The van der Waals surface area contributed by atoms with Crippen LogP contribution in [0.25, 0.3) is 0 Å². The normalized spacial score (nSPS) is 9.19. The number of hydrogen-bond donors (Lipinski definition) is 0. The maximum absolute atomic E-state index is 11.5. The molecule has 0 saturated heterocycles. The van der Waals surface area contributed by atoms with Gasteiger partial charge in [-0.15, -0.1) is 0 Å². The lowest BCUT2D eigenvalue weighted by molar-refractivity contribution is 0.0601. The van der Waals surface area contributed by atoms with E-state index >= 15 is 0 Å². The van der Waals surface area contributed by atoms with Gasteiger partial charge in [0.05, 0.1) is 19.8 Å². The van der Waals surface area contributed by atoms with E-state index in [4.69, 9.17) is 4.74 Å². The van der Waals surface area contributed by atoms with Crippen LogP contribution in [-0.2, 0) is 9.53 Å². The summed E-state index contributed by atoms with van der Waals surface area (Å²) in [5.74, 6) is -0.236. The zero-order chi connectivity index (χ0) is 12.1. The van der Waals surface area contributed by atoms with Gasteiger partial charge >= 0.3 is 5.97 Å². The molecular formula is C11H11NO4. The van der Waals surface area contributed by atoms with Crippen LogP contribution in [0.15, 0.2) is 17.1 Å². The first kappa shape index (κ1) is 11.9. The number of esters is 1. The van der Waals surface area contributed by atoms with Crippen LogP contribution in [-0.4, -0.2) is 26.3 Å². The summed E-state index contributed by atoms with van der Waals surface area (Å²) in [4.78, 5) is 25.2. The van der Waals surface area contributed by atoms with E-state index < -0.39 is 5.97 Å². The number of isocyanates is 1. The van der Waals surface area contributed by atoms with Crippen molar-refractivity contribution in [1.29, 1.82) is 0 Å². The molecule has 0 heterocycles. The lowest BCUT2D eigenvalue weighted by Gasteiger charge is -2.09. The predicted octanol–water partition coefficient (Wildman–Crippen LogP) is 1.76. The summed E-state index contributed by atoms with van der Waals surface area (Å²) in [7, 11) is 2.69. The van der Waals surface area contributed by atoms with E-state index in [2.05, 4.69) is 9.73 Å². The van der Waals surface area contributed by atoms with Crippen LogP contribution in [0.3, 0.4) is 0 Å². The first-order valence-electron chi connectivity index (χ1n) is 4.48. The number of carbonyl (C=O) groups excluding carboxylic acids is 2. The van der Waals surface area contributed by atoms with Crippen molar-refractivity contribution in [2.75, 3.05) is 14.2 Å². The minimum atomic E-state index is -0.573. The van der Waals surface area contributed by atoms with Crippen molar-refractivity contribution < 1.29 is 19.1 Å². The standard InChI is InChI=1S/C11H11NO4/c1-7-4-8(11(14)16-3)10(12-6-13)9(5-7)15-2/h4-5H,1-3H3. The van der Waals surface area contributed by atoms with Gasteiger partial charge in [-0.05, 0) is 24.6 Å². The smallest absolute Gasteiger partial charge is 0.340 e. The summed E-state index contributed by atoms with van der Waals surface area (Å²) in [6.45, 7) is 1.80. The summed E-state index contributed by atoms with van der Waals surface area (Å²) in [5, 5.41) is 0. The van der Waals surface area contributed by atoms with Gasteiger partial charge in [0.25, 0.3) is 0 Å². The second kappa shape index (κ2) is 5.09. The third-order valence-electron chi connectivity index (χ3n) is 2.00. The Morgan fingerprint density at radius 1 is 1.38 bits per heavy atom. The summed E-state index contributed by atoms with van der Waals surface area (Å²) < 4.78 is 9.63. The molecule has 1 aromatic rings. The SMILES string of the molecule is COC(=O)c1cc(C)cc(OC)c1N=C=O. The second-order valence-electron chi connectivity index (χ2n) is 3.06. The van der Waals surface area contributed by atoms with Gasteiger partial charge in [0, 0.05) is 0 Å². The molecule has 0 saturated carbocycles. The molecule has 0 aliphatic heterocycles. The Bertz CT molecular complexity index is 461. The third-order valence-corrected chi connectivity index (χ3v) is 2.00. The van der Waals surface area contributed by atoms with Crippen molar-refractivity contribution >= 4 is 17.7 Å². The maximum Gasteiger partial charge on any atom is 0.340 e. The van der Waals surface area contributed by atoms with Crippen molar-refractivity contribution in [1.82, 2.24) is 0 Å². The molecule has 0 spiro atoms. The van der Waals surface area contributed by atoms with E-state index in [9.17, 15) is 9.59 Å². The minimum absolute atomic E-state index is 0.134. The van der Waals surface area contributed by atoms with E-state index in [1.54, 1.807) is 19.1 Å². The Balaban J connectivity index is 3.49. The Hall–Kier alpha value is -2.13. The monoisotopic (exact) mass is 221 g/mol. The van der Waals surface area contributed by atoms with Crippen molar-refractivity contribution in [3.8, 4) is 5.75 Å². The number of rotatable bonds is 3. The van der Waals surface area contributed by atoms with Gasteiger partial charge in [-0.2, -0.15) is 4.99 Å². The molecule has 0 atom stereocenters. The summed E-state index contributed by atoms with van der Waals surface area (Å²) in [5.41, 5.74) is 1.12. The zero-order valence-electron chi connectivity index (χ0n) is 9.23. The molecule has 0 aliphatic rings. The van der Waals surface area contributed by atoms with Crippen molar-refractivity contribution in [3.05, 3.63) is 23.3 Å². The van der Waals surface area contributed by atoms with Gasteiger partial charge in [0.15, 0.2) is 0 Å². The second-order valence-corrected chi connectivity index (χ2v) is 3.06. The van der Waals surface area contributed by atoms with E-state index in [1.165, 1.54) is 20.3 Å². The van der Waals surface area contributed by atoms with E-state index in [0.717, 1.165) is 5.56 Å². The summed E-state index contributed by atoms with van der Waals surface area (Å²) >= 11 is 0. The van der Waals surface area contributed by atoms with Crippen LogP contribution >= 0.6 is 0 Å². The molecule has 16 heavy (non-hydrogen) atoms. The molecule has 5 heteroatoms. The van der Waals surface area contributed by atoms with Gasteiger partial charge in [0.1, 0.15) is 11.4 Å². The van der Waals surface area contributed by atoms with Crippen molar-refractivity contribution in [2.24, 2.45) is 4.99 Å². The average Bonchev–Trinajstić information content (AvgIpc) is 2.29. The molecule has 84 valence electrons. The van der Waals surface area contributed by atoms with Gasteiger partial charge in [-0.25, -0.2) is 9.59 Å². The Kier molecular flexibility index (Phi) is 3.80. The zero-order valence-corrected chi connectivity index (χ0v) is 9.23. The molecule has 0 amide bonds. The lowest BCUT2D eigenvalue weighted by atomic mass is 10.1. The molecule has 0 N–H and O–H groups in total. The van der Waals surface area contributed by atoms with Gasteiger partial charge in [0.2, 0.25) is 6.08 Å². The minimum Gasteiger partial charge on any atom is -0.494 e. The van der Waals surface area contributed by atoms with E-state index in [0.29, 0.717) is 5.75 Å². The first-order valence-corrected chi connectivity index (χ1v) is 4.48. The summed E-state index contributed by atoms with van der Waals surface area (Å²) in [6, 6.07) is 3.24. The molecule has 0 aromatic heterocycles. The quantitative estimate of drug-likeness (QED) is 0.443. The molecule has 0 radical (unpaired) electrons. The van der Waals surface area contributed by atoms with Crippen LogP contribution in [0.1, 0.15) is 15.9 Å². The fourth-order valence-electron chi connectivity index (χ4n) is 1.33. The Morgan fingerprint density at radius 2 is 2.06 bits per heavy atom. The van der Waals surface area contributed by atoms with Crippen LogP contribution in [0.2, 0.25) is 0 Å². The maximum atomic E-state index is 11.5. The molecule has 5 nitrogen and oxygen atoms in total.